The number of rotatable bonds is 4. The molecule has 1 heterocycles. The molecule has 128 valence electrons. The highest BCUT2D eigenvalue weighted by molar-refractivity contribution is 7.22. The summed E-state index contributed by atoms with van der Waals surface area (Å²) in [6.07, 6.45) is 0. The summed E-state index contributed by atoms with van der Waals surface area (Å²) in [4.78, 5) is 16.9. The fourth-order valence-corrected chi connectivity index (χ4v) is 3.47. The molecule has 6 heteroatoms. The molecule has 0 aliphatic heterocycles. The first-order valence-electron chi connectivity index (χ1n) is 8.12. The molecule has 0 aliphatic rings. The van der Waals surface area contributed by atoms with Gasteiger partial charge < -0.3 is 16.0 Å². The molecule has 26 heavy (non-hydrogen) atoms. The van der Waals surface area contributed by atoms with Crippen molar-refractivity contribution in [1.82, 2.24) is 4.98 Å². The monoisotopic (exact) mass is 360 g/mol. The van der Waals surface area contributed by atoms with Gasteiger partial charge in [-0.15, -0.1) is 0 Å². The first kappa shape index (κ1) is 16.1. The number of anilines is 4. The number of carbonyl (C=O) groups excluding carboxylic acids is 1. The van der Waals surface area contributed by atoms with E-state index in [1.807, 2.05) is 78.9 Å². The number of carbonyl (C=O) groups is 1. The van der Waals surface area contributed by atoms with Gasteiger partial charge in [-0.2, -0.15) is 0 Å². The standard InChI is InChI=1S/C20H16N4OS/c25-19(21-14-8-3-1-4-9-14)23-16-12-7-13-17-18(16)24-20(26-17)22-15-10-5-2-6-11-15/h1-13H,(H,22,24)(H2,21,23,25). The zero-order valence-electron chi connectivity index (χ0n) is 13.8. The van der Waals surface area contributed by atoms with Crippen LogP contribution in [0, 0.1) is 0 Å². The van der Waals surface area contributed by atoms with E-state index in [9.17, 15) is 4.79 Å². The quantitative estimate of drug-likeness (QED) is 0.438. The highest BCUT2D eigenvalue weighted by Crippen LogP contribution is 2.32. The largest absolute Gasteiger partial charge is 0.332 e. The minimum atomic E-state index is -0.297. The summed E-state index contributed by atoms with van der Waals surface area (Å²) in [5, 5.41) is 9.76. The Labute approximate surface area is 154 Å². The zero-order chi connectivity index (χ0) is 17.8. The lowest BCUT2D eigenvalue weighted by atomic mass is 10.3. The summed E-state index contributed by atoms with van der Waals surface area (Å²) in [7, 11) is 0. The predicted molar refractivity (Wildman–Crippen MR) is 108 cm³/mol. The van der Waals surface area contributed by atoms with E-state index in [-0.39, 0.29) is 6.03 Å². The molecule has 4 rings (SSSR count). The van der Waals surface area contributed by atoms with E-state index in [2.05, 4.69) is 20.9 Å². The van der Waals surface area contributed by atoms with Gasteiger partial charge in [0, 0.05) is 11.4 Å². The fourth-order valence-electron chi connectivity index (χ4n) is 2.55. The van der Waals surface area contributed by atoms with Gasteiger partial charge in [-0.25, -0.2) is 9.78 Å². The third kappa shape index (κ3) is 3.65. The lowest BCUT2D eigenvalue weighted by Gasteiger charge is -2.07. The summed E-state index contributed by atoms with van der Waals surface area (Å²) < 4.78 is 1.00. The third-order valence-electron chi connectivity index (χ3n) is 3.72. The molecule has 0 aliphatic carbocycles. The van der Waals surface area contributed by atoms with Gasteiger partial charge in [0.05, 0.1) is 10.4 Å². The van der Waals surface area contributed by atoms with Crippen LogP contribution in [0.3, 0.4) is 0 Å². The number of nitrogens with zero attached hydrogens (tertiary/aromatic N) is 1. The number of benzene rings is 3. The number of aromatic nitrogens is 1. The van der Waals surface area contributed by atoms with Crippen LogP contribution in [0.15, 0.2) is 78.9 Å². The molecule has 0 radical (unpaired) electrons. The molecule has 0 fully saturated rings. The van der Waals surface area contributed by atoms with E-state index in [0.29, 0.717) is 5.69 Å². The molecule has 3 N–H and O–H groups in total. The molecule has 1 aromatic heterocycles. The first-order chi connectivity index (χ1) is 12.8. The normalized spacial score (nSPS) is 10.5. The second kappa shape index (κ2) is 7.25. The van der Waals surface area contributed by atoms with Crippen LogP contribution in [0.5, 0.6) is 0 Å². The Kier molecular flexibility index (Phi) is 4.49. The number of nitrogens with one attached hydrogen (secondary N) is 3. The number of fused-ring (bicyclic) bond motifs is 1. The van der Waals surface area contributed by atoms with Crippen molar-refractivity contribution >= 4 is 49.8 Å². The minimum absolute atomic E-state index is 0.297. The Balaban J connectivity index is 1.54. The lowest BCUT2D eigenvalue weighted by Crippen LogP contribution is -2.19. The molecule has 0 saturated carbocycles. The molecule has 4 aromatic rings. The van der Waals surface area contributed by atoms with Crippen LogP contribution in [-0.2, 0) is 0 Å². The van der Waals surface area contributed by atoms with Gasteiger partial charge in [-0.05, 0) is 36.4 Å². The highest BCUT2D eigenvalue weighted by atomic mass is 32.1. The Bertz CT molecular complexity index is 1030. The van der Waals surface area contributed by atoms with E-state index in [1.54, 1.807) is 11.3 Å². The van der Waals surface area contributed by atoms with Crippen LogP contribution in [0.2, 0.25) is 0 Å². The number of para-hydroxylation sites is 3. The van der Waals surface area contributed by atoms with Crippen molar-refractivity contribution in [2.24, 2.45) is 0 Å². The first-order valence-corrected chi connectivity index (χ1v) is 8.94. The summed E-state index contributed by atoms with van der Waals surface area (Å²) in [6, 6.07) is 24.6. The molecule has 0 saturated heterocycles. The van der Waals surface area contributed by atoms with Crippen LogP contribution in [0.1, 0.15) is 0 Å². The Morgan fingerprint density at radius 1 is 0.769 bits per heavy atom. The maximum Gasteiger partial charge on any atom is 0.323 e. The van der Waals surface area contributed by atoms with Crippen molar-refractivity contribution in [3.8, 4) is 0 Å². The van der Waals surface area contributed by atoms with Crippen molar-refractivity contribution in [2.45, 2.75) is 0 Å². The van der Waals surface area contributed by atoms with Gasteiger partial charge in [0.2, 0.25) is 0 Å². The van der Waals surface area contributed by atoms with Crippen LogP contribution in [0.25, 0.3) is 10.2 Å². The molecule has 0 bridgehead atoms. The number of hydrogen-bond donors (Lipinski definition) is 3. The number of amides is 2. The Morgan fingerprint density at radius 2 is 1.46 bits per heavy atom. The summed E-state index contributed by atoms with van der Waals surface area (Å²) in [5.74, 6) is 0. The molecule has 5 nitrogen and oxygen atoms in total. The van der Waals surface area contributed by atoms with E-state index < -0.39 is 0 Å². The SMILES string of the molecule is O=C(Nc1ccccc1)Nc1cccc2sc(Nc3ccccc3)nc12. The van der Waals surface area contributed by atoms with E-state index in [1.165, 1.54) is 0 Å². The average molecular weight is 360 g/mol. The minimum Gasteiger partial charge on any atom is -0.332 e. The van der Waals surface area contributed by atoms with Crippen molar-refractivity contribution in [2.75, 3.05) is 16.0 Å². The lowest BCUT2D eigenvalue weighted by molar-refractivity contribution is 0.262. The summed E-state index contributed by atoms with van der Waals surface area (Å²) in [6.45, 7) is 0. The molecule has 0 spiro atoms. The van der Waals surface area contributed by atoms with Crippen LogP contribution in [0.4, 0.5) is 27.0 Å². The molecule has 0 unspecified atom stereocenters. The molecule has 3 aromatic carbocycles. The highest BCUT2D eigenvalue weighted by Gasteiger charge is 2.11. The smallest absolute Gasteiger partial charge is 0.323 e. The van der Waals surface area contributed by atoms with Gasteiger partial charge in [0.25, 0.3) is 0 Å². The zero-order valence-corrected chi connectivity index (χ0v) is 14.6. The van der Waals surface area contributed by atoms with Crippen LogP contribution in [-0.4, -0.2) is 11.0 Å². The van der Waals surface area contributed by atoms with Gasteiger partial charge in [-0.3, -0.25) is 0 Å². The topological polar surface area (TPSA) is 66.1 Å². The number of urea groups is 1. The van der Waals surface area contributed by atoms with Gasteiger partial charge in [-0.1, -0.05) is 53.8 Å². The number of thiazole rings is 1. The molecular weight excluding hydrogens is 344 g/mol. The average Bonchev–Trinajstić information content (AvgIpc) is 3.07. The van der Waals surface area contributed by atoms with Gasteiger partial charge in [0.15, 0.2) is 5.13 Å². The maximum atomic E-state index is 12.3. The summed E-state index contributed by atoms with van der Waals surface area (Å²) in [5.41, 5.74) is 3.15. The van der Waals surface area contributed by atoms with Crippen molar-refractivity contribution in [1.29, 1.82) is 0 Å². The van der Waals surface area contributed by atoms with Crippen molar-refractivity contribution in [3.63, 3.8) is 0 Å². The van der Waals surface area contributed by atoms with Crippen molar-refractivity contribution in [3.05, 3.63) is 78.9 Å². The molecular formula is C20H16N4OS. The van der Waals surface area contributed by atoms with E-state index >= 15 is 0 Å². The molecule has 2 amide bonds. The van der Waals surface area contributed by atoms with E-state index in [4.69, 9.17) is 0 Å². The second-order valence-electron chi connectivity index (χ2n) is 5.61. The van der Waals surface area contributed by atoms with Gasteiger partial charge in [0.1, 0.15) is 5.52 Å². The fraction of sp³-hybridized carbons (Fsp3) is 0. The molecule has 0 atom stereocenters. The predicted octanol–water partition coefficient (Wildman–Crippen LogP) is 5.68. The van der Waals surface area contributed by atoms with Crippen molar-refractivity contribution < 1.29 is 4.79 Å². The van der Waals surface area contributed by atoms with E-state index in [0.717, 1.165) is 26.7 Å². The third-order valence-corrected chi connectivity index (χ3v) is 4.66. The summed E-state index contributed by atoms with van der Waals surface area (Å²) >= 11 is 1.54. The van der Waals surface area contributed by atoms with Gasteiger partial charge >= 0.3 is 6.03 Å². The maximum absolute atomic E-state index is 12.3. The number of hydrogen-bond acceptors (Lipinski definition) is 4. The Morgan fingerprint density at radius 3 is 2.19 bits per heavy atom. The Hall–Kier alpha value is -3.38. The second-order valence-corrected chi connectivity index (χ2v) is 6.64. The van der Waals surface area contributed by atoms with Crippen LogP contribution >= 0.6 is 11.3 Å². The van der Waals surface area contributed by atoms with Crippen LogP contribution < -0.4 is 16.0 Å².